The molecule has 0 saturated carbocycles. The third-order valence-electron chi connectivity index (χ3n) is 4.54. The Bertz CT molecular complexity index is 955. The number of nitrogens with one attached hydrogen (secondary N) is 1. The predicted octanol–water partition coefficient (Wildman–Crippen LogP) is 2.37. The normalized spacial score (nSPS) is 13.7. The minimum Gasteiger partial charge on any atom is -0.491 e. The molecule has 2 aromatic carbocycles. The van der Waals surface area contributed by atoms with Gasteiger partial charge < -0.3 is 29.4 Å². The van der Waals surface area contributed by atoms with E-state index in [1.54, 1.807) is 24.3 Å². The van der Waals surface area contributed by atoms with Gasteiger partial charge in [-0.25, -0.2) is 4.79 Å². The van der Waals surface area contributed by atoms with Crippen molar-refractivity contribution in [3.8, 4) is 5.75 Å². The molecule has 0 spiro atoms. The van der Waals surface area contributed by atoms with Crippen LogP contribution < -0.4 is 10.1 Å². The number of carbonyl (C=O) groups excluding carboxylic acids is 2. The summed E-state index contributed by atoms with van der Waals surface area (Å²) in [5, 5.41) is 11.4. The van der Waals surface area contributed by atoms with Crippen LogP contribution in [0.5, 0.6) is 5.75 Å². The molecule has 1 heterocycles. The van der Waals surface area contributed by atoms with E-state index < -0.39 is 5.97 Å². The Morgan fingerprint density at radius 3 is 2.55 bits per heavy atom. The minimum atomic E-state index is -0.463. The zero-order valence-electron chi connectivity index (χ0n) is 17.3. The number of aliphatic hydroxyl groups is 1. The Kier molecular flexibility index (Phi) is 8.17. The van der Waals surface area contributed by atoms with Crippen molar-refractivity contribution in [3.05, 3.63) is 59.2 Å². The van der Waals surface area contributed by atoms with Crippen LogP contribution in [0.15, 0.2) is 42.5 Å². The summed E-state index contributed by atoms with van der Waals surface area (Å²) in [4.78, 5) is 24.3. The summed E-state index contributed by atoms with van der Waals surface area (Å²) in [5.74, 6) is -0.0870. The van der Waals surface area contributed by atoms with Gasteiger partial charge in [-0.3, -0.25) is 4.79 Å². The third-order valence-corrected chi connectivity index (χ3v) is 4.54. The lowest BCUT2D eigenvalue weighted by molar-refractivity contribution is -0.110. The average Bonchev–Trinajstić information content (AvgIpc) is 3.10. The van der Waals surface area contributed by atoms with Gasteiger partial charge in [-0.2, -0.15) is 0 Å². The fourth-order valence-corrected chi connectivity index (χ4v) is 3.07. The highest BCUT2D eigenvalue weighted by molar-refractivity contribution is 6.35. The summed E-state index contributed by atoms with van der Waals surface area (Å²) >= 11 is 0. The number of methoxy groups -OCH3 is 1. The van der Waals surface area contributed by atoms with Crippen molar-refractivity contribution >= 4 is 29.2 Å². The quantitative estimate of drug-likeness (QED) is 0.322. The van der Waals surface area contributed by atoms with Crippen molar-refractivity contribution in [2.24, 2.45) is 0 Å². The number of para-hydroxylation sites is 1. The van der Waals surface area contributed by atoms with Crippen LogP contribution in [0.4, 0.5) is 5.69 Å². The van der Waals surface area contributed by atoms with E-state index in [9.17, 15) is 9.59 Å². The highest BCUT2D eigenvalue weighted by Crippen LogP contribution is 2.35. The fraction of sp³-hybridized carbons (Fsp3) is 0.304. The van der Waals surface area contributed by atoms with Gasteiger partial charge in [0.1, 0.15) is 12.4 Å². The van der Waals surface area contributed by atoms with E-state index >= 15 is 0 Å². The second-order valence-corrected chi connectivity index (χ2v) is 6.60. The lowest BCUT2D eigenvalue weighted by Crippen LogP contribution is -2.12. The molecular weight excluding hydrogens is 402 g/mol. The zero-order valence-corrected chi connectivity index (χ0v) is 17.3. The molecule has 1 aliphatic rings. The van der Waals surface area contributed by atoms with Crippen molar-refractivity contribution in [1.29, 1.82) is 0 Å². The fourth-order valence-electron chi connectivity index (χ4n) is 3.07. The molecule has 2 aromatic rings. The molecule has 0 atom stereocenters. The summed E-state index contributed by atoms with van der Waals surface area (Å²) in [5.41, 5.74) is 2.88. The van der Waals surface area contributed by atoms with Crippen LogP contribution in [0.2, 0.25) is 0 Å². The molecule has 2 N–H and O–H groups in total. The smallest absolute Gasteiger partial charge is 0.337 e. The molecule has 0 fully saturated rings. The number of anilines is 1. The Hall–Kier alpha value is -3.20. The molecule has 1 amide bonds. The largest absolute Gasteiger partial charge is 0.491 e. The van der Waals surface area contributed by atoms with Crippen molar-refractivity contribution in [1.82, 2.24) is 0 Å². The topological polar surface area (TPSA) is 103 Å². The average molecular weight is 427 g/mol. The van der Waals surface area contributed by atoms with Gasteiger partial charge in [-0.15, -0.1) is 0 Å². The number of hydrogen-bond donors (Lipinski definition) is 2. The maximum Gasteiger partial charge on any atom is 0.337 e. The summed E-state index contributed by atoms with van der Waals surface area (Å²) in [6.45, 7) is 1.83. The van der Waals surface area contributed by atoms with Crippen LogP contribution in [0.25, 0.3) is 11.6 Å². The Labute approximate surface area is 180 Å². The second-order valence-electron chi connectivity index (χ2n) is 6.60. The van der Waals surface area contributed by atoms with Gasteiger partial charge in [-0.05, 0) is 24.3 Å². The number of ether oxygens (including phenoxy) is 4. The lowest BCUT2D eigenvalue weighted by Gasteiger charge is -2.10. The number of aliphatic hydroxyl groups excluding tert-OH is 1. The maximum absolute atomic E-state index is 12.5. The standard InChI is InChI=1S/C23H25NO7/c1-28-23(27)17-6-7-18-19(22(26)24-20(18)15-17)14-16-4-2-3-5-21(16)31-13-12-30-11-10-29-9-8-25/h2-7,14-15,25H,8-13H2,1H3,(H,24,26)/b19-14+. The number of benzene rings is 2. The van der Waals surface area contributed by atoms with E-state index in [4.69, 9.17) is 24.1 Å². The molecule has 0 bridgehead atoms. The first-order valence-electron chi connectivity index (χ1n) is 9.88. The van der Waals surface area contributed by atoms with Crippen molar-refractivity contribution < 1.29 is 33.6 Å². The number of rotatable bonds is 11. The Morgan fingerprint density at radius 1 is 1.03 bits per heavy atom. The molecule has 0 aliphatic carbocycles. The number of amides is 1. The van der Waals surface area contributed by atoms with E-state index in [0.717, 1.165) is 5.56 Å². The molecule has 3 rings (SSSR count). The van der Waals surface area contributed by atoms with Gasteiger partial charge in [0.25, 0.3) is 5.91 Å². The summed E-state index contributed by atoms with van der Waals surface area (Å²) in [6.07, 6.45) is 1.76. The van der Waals surface area contributed by atoms with Gasteiger partial charge in [0, 0.05) is 22.4 Å². The molecular formula is C23H25NO7. The van der Waals surface area contributed by atoms with Gasteiger partial charge in [0.2, 0.25) is 0 Å². The predicted molar refractivity (Wildman–Crippen MR) is 115 cm³/mol. The highest BCUT2D eigenvalue weighted by Gasteiger charge is 2.25. The summed E-state index contributed by atoms with van der Waals surface area (Å²) in [7, 11) is 1.31. The molecule has 0 saturated heterocycles. The molecule has 0 radical (unpaired) electrons. The van der Waals surface area contributed by atoms with E-state index in [2.05, 4.69) is 5.32 Å². The van der Waals surface area contributed by atoms with Gasteiger partial charge in [0.15, 0.2) is 0 Å². The molecule has 8 nitrogen and oxygen atoms in total. The molecule has 0 unspecified atom stereocenters. The first kappa shape index (κ1) is 22.5. The van der Waals surface area contributed by atoms with Crippen LogP contribution in [-0.4, -0.2) is 63.7 Å². The van der Waals surface area contributed by atoms with Gasteiger partial charge >= 0.3 is 5.97 Å². The van der Waals surface area contributed by atoms with Crippen molar-refractivity contribution in [2.75, 3.05) is 52.1 Å². The van der Waals surface area contributed by atoms with Crippen LogP contribution in [-0.2, 0) is 19.0 Å². The number of hydrogen-bond acceptors (Lipinski definition) is 7. The van der Waals surface area contributed by atoms with Crippen LogP contribution >= 0.6 is 0 Å². The van der Waals surface area contributed by atoms with Crippen molar-refractivity contribution in [3.63, 3.8) is 0 Å². The lowest BCUT2D eigenvalue weighted by atomic mass is 10.0. The van der Waals surface area contributed by atoms with Gasteiger partial charge in [0.05, 0.1) is 45.7 Å². The van der Waals surface area contributed by atoms with Crippen LogP contribution in [0.1, 0.15) is 21.5 Å². The third kappa shape index (κ3) is 5.91. The number of fused-ring (bicyclic) bond motifs is 1. The monoisotopic (exact) mass is 427 g/mol. The minimum absolute atomic E-state index is 0.00958. The molecule has 1 aliphatic heterocycles. The number of esters is 1. The SMILES string of the molecule is COC(=O)c1ccc2c(c1)NC(=O)/C2=C/c1ccccc1OCCOCCOCCO. The zero-order chi connectivity index (χ0) is 22.1. The van der Waals surface area contributed by atoms with E-state index in [0.29, 0.717) is 61.2 Å². The first-order valence-corrected chi connectivity index (χ1v) is 9.88. The summed E-state index contributed by atoms with van der Waals surface area (Å²) < 4.78 is 21.1. The molecule has 8 heteroatoms. The van der Waals surface area contributed by atoms with E-state index in [1.165, 1.54) is 7.11 Å². The maximum atomic E-state index is 12.5. The Balaban J connectivity index is 1.66. The molecule has 31 heavy (non-hydrogen) atoms. The van der Waals surface area contributed by atoms with Crippen LogP contribution in [0, 0.1) is 0 Å². The second kappa shape index (κ2) is 11.3. The van der Waals surface area contributed by atoms with E-state index in [1.807, 2.05) is 24.3 Å². The number of carbonyl (C=O) groups is 2. The Morgan fingerprint density at radius 2 is 1.77 bits per heavy atom. The molecule has 0 aromatic heterocycles. The van der Waals surface area contributed by atoms with Crippen LogP contribution in [0.3, 0.4) is 0 Å². The molecule has 164 valence electrons. The van der Waals surface area contributed by atoms with E-state index in [-0.39, 0.29) is 12.5 Å². The summed E-state index contributed by atoms with van der Waals surface area (Å²) in [6, 6.07) is 12.4. The highest BCUT2D eigenvalue weighted by atomic mass is 16.5. The first-order chi connectivity index (χ1) is 15.1. The van der Waals surface area contributed by atoms with Gasteiger partial charge in [-0.1, -0.05) is 24.3 Å². The van der Waals surface area contributed by atoms with Crippen molar-refractivity contribution in [2.45, 2.75) is 0 Å².